The molecule has 0 spiro atoms. The van der Waals surface area contributed by atoms with Gasteiger partial charge in [-0.2, -0.15) is 13.2 Å². The van der Waals surface area contributed by atoms with E-state index in [-0.39, 0.29) is 18.5 Å². The van der Waals surface area contributed by atoms with E-state index in [1.165, 1.54) is 6.07 Å². The highest BCUT2D eigenvalue weighted by Crippen LogP contribution is 2.55. The van der Waals surface area contributed by atoms with Gasteiger partial charge in [0, 0.05) is 63.1 Å². The largest absolute Gasteiger partial charge is 0.417 e. The van der Waals surface area contributed by atoms with Gasteiger partial charge in [-0.05, 0) is 49.7 Å². The zero-order valence-electron chi connectivity index (χ0n) is 19.7. The van der Waals surface area contributed by atoms with Crippen LogP contribution in [-0.4, -0.2) is 61.3 Å². The maximum atomic E-state index is 13.9. The molecule has 2 saturated carbocycles. The Labute approximate surface area is 198 Å². The summed E-state index contributed by atoms with van der Waals surface area (Å²) in [5, 5.41) is 3.84. The third-order valence-electron chi connectivity index (χ3n) is 8.52. The first-order valence-electron chi connectivity index (χ1n) is 12.5. The second-order valence-corrected chi connectivity index (χ2v) is 10.5. The van der Waals surface area contributed by atoms with Crippen LogP contribution in [0.2, 0.25) is 0 Å². The Morgan fingerprint density at radius 2 is 2.24 bits per heavy atom. The Morgan fingerprint density at radius 3 is 3.03 bits per heavy atom. The maximum absolute atomic E-state index is 13.9. The van der Waals surface area contributed by atoms with Crippen LogP contribution in [0.4, 0.5) is 13.2 Å². The highest BCUT2D eigenvalue weighted by atomic mass is 19.4. The average molecular weight is 482 g/mol. The number of hydrogen-bond acceptors (Lipinski definition) is 5. The van der Waals surface area contributed by atoms with Crippen LogP contribution < -0.4 is 5.32 Å². The Morgan fingerprint density at radius 1 is 1.38 bits per heavy atom. The lowest BCUT2D eigenvalue weighted by atomic mass is 9.78. The van der Waals surface area contributed by atoms with Crippen LogP contribution in [0.25, 0.3) is 0 Å². The molecule has 2 aliphatic heterocycles. The molecule has 34 heavy (non-hydrogen) atoms. The Hall–Kier alpha value is -1.71. The van der Waals surface area contributed by atoms with E-state index in [2.05, 4.69) is 10.3 Å². The molecule has 3 heterocycles. The number of halogens is 3. The van der Waals surface area contributed by atoms with Crippen molar-refractivity contribution in [3.05, 3.63) is 29.1 Å². The van der Waals surface area contributed by atoms with Gasteiger partial charge in [0.2, 0.25) is 5.91 Å². The highest BCUT2D eigenvalue weighted by molar-refractivity contribution is 5.84. The van der Waals surface area contributed by atoms with Crippen LogP contribution in [-0.2, 0) is 33.4 Å². The molecular weight excluding hydrogens is 447 g/mol. The zero-order valence-corrected chi connectivity index (χ0v) is 19.7. The number of alkyl halides is 3. The van der Waals surface area contributed by atoms with Crippen molar-refractivity contribution < 1.29 is 27.4 Å². The van der Waals surface area contributed by atoms with Crippen LogP contribution >= 0.6 is 0 Å². The molecule has 5 rings (SSSR count). The van der Waals surface area contributed by atoms with E-state index in [0.29, 0.717) is 55.3 Å². The Balaban J connectivity index is 1.30. The number of carbonyl (C=O) groups excluding carboxylic acids is 1. The number of amides is 1. The molecule has 3 fully saturated rings. The molecule has 2 unspecified atom stereocenters. The fourth-order valence-electron chi connectivity index (χ4n) is 6.89. The van der Waals surface area contributed by atoms with E-state index < -0.39 is 17.2 Å². The van der Waals surface area contributed by atoms with E-state index in [0.717, 1.165) is 51.3 Å². The number of hydrogen-bond donors (Lipinski definition) is 1. The smallest absolute Gasteiger partial charge is 0.384 e. The van der Waals surface area contributed by atoms with Gasteiger partial charge in [0.25, 0.3) is 0 Å². The molecule has 2 aliphatic carbocycles. The summed E-state index contributed by atoms with van der Waals surface area (Å²) in [6.45, 7) is 2.81. The maximum Gasteiger partial charge on any atom is 0.417 e. The molecule has 0 radical (unpaired) electrons. The molecule has 1 saturated heterocycles. The lowest BCUT2D eigenvalue weighted by molar-refractivity contribution is -0.144. The Kier molecular flexibility index (Phi) is 6.63. The van der Waals surface area contributed by atoms with Gasteiger partial charge in [-0.25, -0.2) is 0 Å². The third-order valence-corrected chi connectivity index (χ3v) is 8.52. The van der Waals surface area contributed by atoms with E-state index in [1.807, 2.05) is 0 Å². The van der Waals surface area contributed by atoms with Crippen LogP contribution in [0.5, 0.6) is 0 Å². The van der Waals surface area contributed by atoms with Crippen molar-refractivity contribution in [1.29, 1.82) is 0 Å². The first kappa shape index (κ1) is 24.0. The van der Waals surface area contributed by atoms with Gasteiger partial charge in [0.1, 0.15) is 0 Å². The summed E-state index contributed by atoms with van der Waals surface area (Å²) in [4.78, 5) is 19.8. The lowest BCUT2D eigenvalue weighted by Crippen LogP contribution is -2.49. The van der Waals surface area contributed by atoms with Gasteiger partial charge < -0.3 is 19.7 Å². The van der Waals surface area contributed by atoms with Crippen LogP contribution in [0, 0.1) is 17.3 Å². The normalized spacial score (nSPS) is 33.6. The summed E-state index contributed by atoms with van der Waals surface area (Å²) in [7, 11) is 1.71. The van der Waals surface area contributed by atoms with E-state index >= 15 is 0 Å². The van der Waals surface area contributed by atoms with Crippen molar-refractivity contribution in [2.75, 3.05) is 33.5 Å². The molecule has 1 aromatic heterocycles. The fraction of sp³-hybridized carbons (Fsp3) is 0.760. The fourth-order valence-corrected chi connectivity index (χ4v) is 6.89. The Bertz CT molecular complexity index is 909. The topological polar surface area (TPSA) is 63.7 Å². The second kappa shape index (κ2) is 9.39. The summed E-state index contributed by atoms with van der Waals surface area (Å²) in [6.07, 6.45) is 2.65. The molecular formula is C25H34F3N3O3. The summed E-state index contributed by atoms with van der Waals surface area (Å²) < 4.78 is 50.6. The molecule has 5 atom stereocenters. The number of aromatic nitrogens is 1. The summed E-state index contributed by atoms with van der Waals surface area (Å²) in [5.74, 6) is 0.766. The minimum atomic E-state index is -4.43. The molecule has 0 bridgehead atoms. The lowest BCUT2D eigenvalue weighted by Gasteiger charge is -2.38. The van der Waals surface area contributed by atoms with Crippen LogP contribution in [0.1, 0.15) is 55.3 Å². The van der Waals surface area contributed by atoms with Crippen molar-refractivity contribution in [2.45, 2.75) is 69.8 Å². The first-order chi connectivity index (χ1) is 16.3. The highest BCUT2D eigenvalue weighted by Gasteiger charge is 2.56. The van der Waals surface area contributed by atoms with Crippen LogP contribution in [0.3, 0.4) is 0 Å². The van der Waals surface area contributed by atoms with Gasteiger partial charge in [0.15, 0.2) is 0 Å². The number of nitrogens with zero attached hydrogens (tertiary/aromatic N) is 2. The van der Waals surface area contributed by atoms with Crippen molar-refractivity contribution in [1.82, 2.24) is 15.2 Å². The monoisotopic (exact) mass is 481 g/mol. The number of nitrogens with one attached hydrogen (secondary N) is 1. The summed E-state index contributed by atoms with van der Waals surface area (Å²) >= 11 is 0. The number of methoxy groups -OCH3 is 1. The second-order valence-electron chi connectivity index (χ2n) is 10.5. The molecule has 9 heteroatoms. The zero-order chi connectivity index (χ0) is 23.9. The SMILES string of the molecule is COCC1COCCC1N[C@@H]1C[C@H]2CCC[C@@]2(C(=O)N2CCc3ncc(C(F)(F)F)cc3C2)C1. The number of carbonyl (C=O) groups is 1. The molecule has 4 aliphatic rings. The average Bonchev–Trinajstić information content (AvgIpc) is 3.36. The van der Waals surface area contributed by atoms with E-state index in [9.17, 15) is 18.0 Å². The minimum Gasteiger partial charge on any atom is -0.384 e. The van der Waals surface area contributed by atoms with Crippen molar-refractivity contribution in [3.8, 4) is 0 Å². The molecule has 1 amide bonds. The van der Waals surface area contributed by atoms with Gasteiger partial charge in [-0.1, -0.05) is 6.42 Å². The molecule has 0 aromatic carbocycles. The molecule has 188 valence electrons. The number of ether oxygens (including phenoxy) is 2. The van der Waals surface area contributed by atoms with Gasteiger partial charge in [0.05, 0.1) is 24.2 Å². The summed E-state index contributed by atoms with van der Waals surface area (Å²) in [5.41, 5.74) is 0.0566. The molecule has 6 nitrogen and oxygen atoms in total. The number of rotatable bonds is 5. The van der Waals surface area contributed by atoms with Gasteiger partial charge in [-0.15, -0.1) is 0 Å². The van der Waals surface area contributed by atoms with Crippen molar-refractivity contribution in [3.63, 3.8) is 0 Å². The van der Waals surface area contributed by atoms with Crippen molar-refractivity contribution >= 4 is 5.91 Å². The predicted octanol–water partition coefficient (Wildman–Crippen LogP) is 3.58. The number of pyridine rings is 1. The predicted molar refractivity (Wildman–Crippen MR) is 119 cm³/mol. The standard InChI is InChI=1S/C25H34F3N3O3/c1-33-14-17-15-34-8-5-22(17)30-20-10-18-3-2-6-24(18,11-20)23(32)31-7-4-21-16(13-31)9-19(12-29-21)25(26,27)28/h9,12,17-18,20,22,30H,2-8,10-11,13-15H2,1H3/t17?,18-,20-,22?,24-/m1/s1. The van der Waals surface area contributed by atoms with E-state index in [4.69, 9.17) is 9.47 Å². The molecule has 1 aromatic rings. The minimum absolute atomic E-state index is 0.128. The molecule has 1 N–H and O–H groups in total. The van der Waals surface area contributed by atoms with Gasteiger partial charge in [-0.3, -0.25) is 9.78 Å². The van der Waals surface area contributed by atoms with Crippen molar-refractivity contribution in [2.24, 2.45) is 17.3 Å². The van der Waals surface area contributed by atoms with Gasteiger partial charge >= 0.3 is 6.18 Å². The van der Waals surface area contributed by atoms with E-state index in [1.54, 1.807) is 12.0 Å². The third kappa shape index (κ3) is 4.46. The van der Waals surface area contributed by atoms with Crippen LogP contribution in [0.15, 0.2) is 12.3 Å². The first-order valence-corrected chi connectivity index (χ1v) is 12.5. The quantitative estimate of drug-likeness (QED) is 0.697. The number of fused-ring (bicyclic) bond motifs is 2. The summed E-state index contributed by atoms with van der Waals surface area (Å²) in [6, 6.07) is 1.76.